The van der Waals surface area contributed by atoms with Crippen LogP contribution in [0.5, 0.6) is 0 Å². The molecule has 1 N–H and O–H groups in total. The average molecular weight is 267 g/mol. The Hall–Kier alpha value is -0.610. The van der Waals surface area contributed by atoms with Crippen LogP contribution >= 0.6 is 0 Å². The molecule has 0 bridgehead atoms. The van der Waals surface area contributed by atoms with E-state index in [1.165, 1.54) is 51.9 Å². The van der Waals surface area contributed by atoms with E-state index >= 15 is 0 Å². The summed E-state index contributed by atoms with van der Waals surface area (Å²) in [6.45, 7) is 10.9. The summed E-state index contributed by atoms with van der Waals surface area (Å²) in [7, 11) is 0. The lowest BCUT2D eigenvalue weighted by Gasteiger charge is -2.38. The summed E-state index contributed by atoms with van der Waals surface area (Å²) in [5.41, 5.74) is -0.174. The van der Waals surface area contributed by atoms with Crippen molar-refractivity contribution in [3.8, 4) is 0 Å². The molecule has 0 spiro atoms. The Morgan fingerprint density at radius 3 is 2.32 bits per heavy atom. The van der Waals surface area contributed by atoms with Gasteiger partial charge in [0.05, 0.1) is 0 Å². The van der Waals surface area contributed by atoms with E-state index < -0.39 is 0 Å². The molecular weight excluding hydrogens is 238 g/mol. The summed E-state index contributed by atoms with van der Waals surface area (Å²) >= 11 is 0. The monoisotopic (exact) mass is 267 g/mol. The molecule has 2 rings (SSSR count). The molecule has 0 aromatic heterocycles. The summed E-state index contributed by atoms with van der Waals surface area (Å²) in [6.07, 6.45) is 7.09. The maximum Gasteiger partial charge on any atom is 0.129 e. The van der Waals surface area contributed by atoms with Gasteiger partial charge in [-0.2, -0.15) is 0 Å². The second-order valence-corrected chi connectivity index (χ2v) is 6.81. The summed E-state index contributed by atoms with van der Waals surface area (Å²) < 4.78 is 0. The van der Waals surface area contributed by atoms with E-state index in [4.69, 9.17) is 4.84 Å². The molecule has 2 aliphatic rings. The van der Waals surface area contributed by atoms with Crippen molar-refractivity contribution in [3.05, 3.63) is 0 Å². The van der Waals surface area contributed by atoms with Gasteiger partial charge in [0.1, 0.15) is 5.60 Å². The first-order valence-electron chi connectivity index (χ1n) is 7.71. The number of piperidine rings is 2. The van der Waals surface area contributed by atoms with Gasteiger partial charge in [-0.1, -0.05) is 5.16 Å². The molecule has 2 fully saturated rings. The van der Waals surface area contributed by atoms with Crippen molar-refractivity contribution >= 4 is 6.21 Å². The van der Waals surface area contributed by atoms with Crippen LogP contribution in [0.4, 0.5) is 0 Å². The third-order valence-electron chi connectivity index (χ3n) is 4.00. The van der Waals surface area contributed by atoms with Gasteiger partial charge in [0, 0.05) is 12.3 Å². The van der Waals surface area contributed by atoms with E-state index in [2.05, 4.69) is 15.4 Å². The zero-order chi connectivity index (χ0) is 13.7. The molecule has 0 aliphatic carbocycles. The molecule has 19 heavy (non-hydrogen) atoms. The van der Waals surface area contributed by atoms with E-state index in [-0.39, 0.29) is 5.60 Å². The molecule has 4 heteroatoms. The van der Waals surface area contributed by atoms with Gasteiger partial charge in [0.25, 0.3) is 0 Å². The predicted molar refractivity (Wildman–Crippen MR) is 79.5 cm³/mol. The molecular formula is C15H29N3O. The van der Waals surface area contributed by atoms with Gasteiger partial charge in [-0.05, 0) is 78.6 Å². The largest absolute Gasteiger partial charge is 0.390 e. The Kier molecular flexibility index (Phi) is 5.22. The van der Waals surface area contributed by atoms with Crippen molar-refractivity contribution in [2.45, 2.75) is 58.1 Å². The van der Waals surface area contributed by atoms with Crippen LogP contribution in [-0.2, 0) is 4.84 Å². The van der Waals surface area contributed by atoms with Crippen LogP contribution in [0.3, 0.4) is 0 Å². The van der Waals surface area contributed by atoms with E-state index in [9.17, 15) is 0 Å². The normalized spacial score (nSPS) is 25.0. The first-order chi connectivity index (χ1) is 9.04. The maximum atomic E-state index is 5.42. The first kappa shape index (κ1) is 14.8. The summed E-state index contributed by atoms with van der Waals surface area (Å²) in [4.78, 5) is 8.10. The minimum atomic E-state index is -0.174. The molecule has 0 amide bonds. The summed E-state index contributed by atoms with van der Waals surface area (Å²) in [5, 5.41) is 7.59. The summed E-state index contributed by atoms with van der Waals surface area (Å²) in [6, 6.07) is 0.810. The van der Waals surface area contributed by atoms with Crippen molar-refractivity contribution in [2.75, 3.05) is 26.2 Å². The second kappa shape index (κ2) is 6.71. The summed E-state index contributed by atoms with van der Waals surface area (Å²) in [5.74, 6) is 0.598. The molecule has 2 saturated heterocycles. The Morgan fingerprint density at radius 2 is 1.74 bits per heavy atom. The predicted octanol–water partition coefficient (Wildman–Crippen LogP) is 2.25. The highest BCUT2D eigenvalue weighted by atomic mass is 16.6. The van der Waals surface area contributed by atoms with Crippen LogP contribution in [0.2, 0.25) is 0 Å². The Balaban J connectivity index is 1.70. The van der Waals surface area contributed by atoms with Gasteiger partial charge in [0.15, 0.2) is 0 Å². The lowest BCUT2D eigenvalue weighted by molar-refractivity contribution is 0.000701. The number of hydrogen-bond acceptors (Lipinski definition) is 4. The minimum Gasteiger partial charge on any atom is -0.390 e. The van der Waals surface area contributed by atoms with Crippen LogP contribution in [0.1, 0.15) is 46.5 Å². The lowest BCUT2D eigenvalue weighted by atomic mass is 9.95. The number of hydrogen-bond donors (Lipinski definition) is 1. The van der Waals surface area contributed by atoms with E-state index in [0.29, 0.717) is 5.92 Å². The van der Waals surface area contributed by atoms with Crippen LogP contribution in [0.15, 0.2) is 5.16 Å². The fraction of sp³-hybridized carbons (Fsp3) is 0.933. The third-order valence-corrected chi connectivity index (χ3v) is 4.00. The fourth-order valence-electron chi connectivity index (χ4n) is 2.88. The zero-order valence-corrected chi connectivity index (χ0v) is 12.7. The van der Waals surface area contributed by atoms with Gasteiger partial charge in [-0.25, -0.2) is 0 Å². The number of nitrogens with one attached hydrogen (secondary N) is 1. The topological polar surface area (TPSA) is 36.9 Å². The highest BCUT2D eigenvalue weighted by Gasteiger charge is 2.25. The van der Waals surface area contributed by atoms with Crippen molar-refractivity contribution in [2.24, 2.45) is 11.1 Å². The highest BCUT2D eigenvalue weighted by molar-refractivity contribution is 5.60. The Labute approximate surface area is 117 Å². The van der Waals surface area contributed by atoms with E-state index in [1.54, 1.807) is 0 Å². The smallest absolute Gasteiger partial charge is 0.129 e. The first-order valence-corrected chi connectivity index (χ1v) is 7.71. The Bertz CT molecular complexity index is 284. The van der Waals surface area contributed by atoms with Crippen LogP contribution < -0.4 is 5.32 Å². The van der Waals surface area contributed by atoms with Crippen LogP contribution in [0, 0.1) is 5.92 Å². The molecule has 0 radical (unpaired) electrons. The molecule has 110 valence electrons. The highest BCUT2D eigenvalue weighted by Crippen LogP contribution is 2.21. The van der Waals surface area contributed by atoms with Gasteiger partial charge in [0.2, 0.25) is 0 Å². The standard InChI is InChI=1S/C15H29N3O/c1-15(2,3)19-17-12-13-6-10-18(11-7-13)14-4-8-16-9-5-14/h12-14,16H,4-11H2,1-3H3/b17-12+. The van der Waals surface area contributed by atoms with E-state index in [0.717, 1.165) is 6.04 Å². The van der Waals surface area contributed by atoms with Gasteiger partial charge in [-0.15, -0.1) is 0 Å². The van der Waals surface area contributed by atoms with Crippen molar-refractivity contribution in [1.29, 1.82) is 0 Å². The molecule has 0 atom stereocenters. The van der Waals surface area contributed by atoms with Gasteiger partial charge in [-0.3, -0.25) is 0 Å². The SMILES string of the molecule is CC(C)(C)O/N=C/C1CCN(C2CCNCC2)CC1. The molecule has 2 heterocycles. The average Bonchev–Trinajstić information content (AvgIpc) is 2.39. The third kappa shape index (κ3) is 5.11. The lowest BCUT2D eigenvalue weighted by Crippen LogP contribution is -2.46. The maximum absolute atomic E-state index is 5.42. The number of oxime groups is 1. The molecule has 0 unspecified atom stereocenters. The quantitative estimate of drug-likeness (QED) is 0.629. The number of rotatable bonds is 3. The zero-order valence-electron chi connectivity index (χ0n) is 12.7. The van der Waals surface area contributed by atoms with Gasteiger partial charge >= 0.3 is 0 Å². The molecule has 0 saturated carbocycles. The van der Waals surface area contributed by atoms with Crippen molar-refractivity contribution < 1.29 is 4.84 Å². The molecule has 0 aromatic carbocycles. The number of likely N-dealkylation sites (tertiary alicyclic amines) is 1. The second-order valence-electron chi connectivity index (χ2n) is 6.81. The fourth-order valence-corrected chi connectivity index (χ4v) is 2.88. The van der Waals surface area contributed by atoms with Crippen molar-refractivity contribution in [3.63, 3.8) is 0 Å². The van der Waals surface area contributed by atoms with Crippen LogP contribution in [0.25, 0.3) is 0 Å². The van der Waals surface area contributed by atoms with Crippen LogP contribution in [-0.4, -0.2) is 48.9 Å². The number of nitrogens with zero attached hydrogens (tertiary/aromatic N) is 2. The van der Waals surface area contributed by atoms with Crippen molar-refractivity contribution in [1.82, 2.24) is 10.2 Å². The molecule has 0 aromatic rings. The Morgan fingerprint density at radius 1 is 1.11 bits per heavy atom. The van der Waals surface area contributed by atoms with E-state index in [1.807, 2.05) is 27.0 Å². The molecule has 2 aliphatic heterocycles. The van der Waals surface area contributed by atoms with Gasteiger partial charge < -0.3 is 15.1 Å². The molecule has 4 nitrogen and oxygen atoms in total. The minimum absolute atomic E-state index is 0.174.